The largest absolute Gasteiger partial charge is 0.335 e. The van der Waals surface area contributed by atoms with E-state index in [9.17, 15) is 4.79 Å². The highest BCUT2D eigenvalue weighted by Crippen LogP contribution is 2.30. The summed E-state index contributed by atoms with van der Waals surface area (Å²) < 4.78 is 0. The van der Waals surface area contributed by atoms with Crippen LogP contribution in [-0.4, -0.2) is 16.8 Å². The highest BCUT2D eigenvalue weighted by molar-refractivity contribution is 5.90. The predicted octanol–water partition coefficient (Wildman–Crippen LogP) is 4.88. The maximum absolute atomic E-state index is 13.0. The van der Waals surface area contributed by atoms with Gasteiger partial charge in [0.05, 0.1) is 6.42 Å². The van der Waals surface area contributed by atoms with Crippen molar-refractivity contribution in [2.75, 3.05) is 0 Å². The first kappa shape index (κ1) is 15.9. The topological polar surface area (TPSA) is 20.3 Å². The molecule has 3 aromatic carbocycles. The SMILES string of the molecule is Cc1ccc(CN(C(=O)Cc2cccc3ccccc23)C2CC2)cc1. The molecular weight excluding hydrogens is 306 g/mol. The summed E-state index contributed by atoms with van der Waals surface area (Å²) in [7, 11) is 0. The number of carbonyl (C=O) groups excluding carboxylic acids is 1. The molecule has 0 atom stereocenters. The molecule has 0 radical (unpaired) electrons. The minimum Gasteiger partial charge on any atom is -0.335 e. The van der Waals surface area contributed by atoms with Gasteiger partial charge in [-0.1, -0.05) is 72.3 Å². The van der Waals surface area contributed by atoms with E-state index in [1.54, 1.807) is 0 Å². The van der Waals surface area contributed by atoms with E-state index in [0.717, 1.165) is 18.4 Å². The molecule has 1 aliphatic carbocycles. The normalized spacial score (nSPS) is 13.8. The summed E-state index contributed by atoms with van der Waals surface area (Å²) in [5, 5.41) is 2.38. The molecule has 126 valence electrons. The van der Waals surface area contributed by atoms with Crippen molar-refractivity contribution in [3.8, 4) is 0 Å². The van der Waals surface area contributed by atoms with E-state index >= 15 is 0 Å². The summed E-state index contributed by atoms with van der Waals surface area (Å²) >= 11 is 0. The minimum absolute atomic E-state index is 0.236. The Morgan fingerprint density at radius 1 is 0.960 bits per heavy atom. The number of nitrogens with zero attached hydrogens (tertiary/aromatic N) is 1. The van der Waals surface area contributed by atoms with Gasteiger partial charge in [-0.3, -0.25) is 4.79 Å². The van der Waals surface area contributed by atoms with Crippen molar-refractivity contribution in [1.82, 2.24) is 4.90 Å². The van der Waals surface area contributed by atoms with Gasteiger partial charge in [0.25, 0.3) is 0 Å². The van der Waals surface area contributed by atoms with Crippen molar-refractivity contribution in [3.05, 3.63) is 83.4 Å². The highest BCUT2D eigenvalue weighted by atomic mass is 16.2. The van der Waals surface area contributed by atoms with Gasteiger partial charge in [-0.25, -0.2) is 0 Å². The van der Waals surface area contributed by atoms with E-state index in [4.69, 9.17) is 0 Å². The van der Waals surface area contributed by atoms with E-state index in [0.29, 0.717) is 19.0 Å². The molecule has 2 heteroatoms. The quantitative estimate of drug-likeness (QED) is 0.653. The molecular formula is C23H23NO. The van der Waals surface area contributed by atoms with Crippen molar-refractivity contribution in [3.63, 3.8) is 0 Å². The predicted molar refractivity (Wildman–Crippen MR) is 102 cm³/mol. The van der Waals surface area contributed by atoms with Crippen LogP contribution in [0.5, 0.6) is 0 Å². The van der Waals surface area contributed by atoms with Crippen LogP contribution in [0.25, 0.3) is 10.8 Å². The van der Waals surface area contributed by atoms with E-state index < -0.39 is 0 Å². The summed E-state index contributed by atoms with van der Waals surface area (Å²) in [6.07, 6.45) is 2.74. The second kappa shape index (κ2) is 6.72. The fourth-order valence-electron chi connectivity index (χ4n) is 3.41. The smallest absolute Gasteiger partial charge is 0.227 e. The molecule has 0 saturated heterocycles. The van der Waals surface area contributed by atoms with Crippen LogP contribution in [0.15, 0.2) is 66.7 Å². The van der Waals surface area contributed by atoms with Crippen molar-refractivity contribution >= 4 is 16.7 Å². The lowest BCUT2D eigenvalue weighted by molar-refractivity contribution is -0.131. The van der Waals surface area contributed by atoms with Crippen LogP contribution >= 0.6 is 0 Å². The Labute approximate surface area is 149 Å². The standard InChI is InChI=1S/C23H23NO/c1-17-9-11-18(12-10-17)16-24(21-13-14-21)23(25)15-20-7-4-6-19-5-2-3-8-22(19)20/h2-12,21H,13-16H2,1H3. The Morgan fingerprint density at radius 2 is 1.68 bits per heavy atom. The average molecular weight is 329 g/mol. The maximum atomic E-state index is 13.0. The van der Waals surface area contributed by atoms with E-state index in [-0.39, 0.29) is 5.91 Å². The van der Waals surface area contributed by atoms with Crippen LogP contribution < -0.4 is 0 Å². The Kier molecular flexibility index (Phi) is 4.27. The van der Waals surface area contributed by atoms with Gasteiger partial charge in [0.1, 0.15) is 0 Å². The van der Waals surface area contributed by atoms with Crippen molar-refractivity contribution < 1.29 is 4.79 Å². The lowest BCUT2D eigenvalue weighted by Gasteiger charge is -2.23. The molecule has 0 heterocycles. The lowest BCUT2D eigenvalue weighted by Crippen LogP contribution is -2.33. The van der Waals surface area contributed by atoms with E-state index in [1.807, 2.05) is 18.2 Å². The fraction of sp³-hybridized carbons (Fsp3) is 0.261. The minimum atomic E-state index is 0.236. The Balaban J connectivity index is 1.55. The number of rotatable bonds is 5. The lowest BCUT2D eigenvalue weighted by atomic mass is 10.0. The maximum Gasteiger partial charge on any atom is 0.227 e. The first-order valence-electron chi connectivity index (χ1n) is 9.02. The zero-order valence-corrected chi connectivity index (χ0v) is 14.6. The number of hydrogen-bond donors (Lipinski definition) is 0. The number of aryl methyl sites for hydroxylation is 1. The van der Waals surface area contributed by atoms with Crippen LogP contribution in [0, 0.1) is 6.92 Å². The second-order valence-electron chi connectivity index (χ2n) is 7.05. The van der Waals surface area contributed by atoms with Gasteiger partial charge >= 0.3 is 0 Å². The number of carbonyl (C=O) groups is 1. The van der Waals surface area contributed by atoms with E-state index in [2.05, 4.69) is 60.4 Å². The molecule has 0 unspecified atom stereocenters. The van der Waals surface area contributed by atoms with Gasteiger partial charge in [-0.05, 0) is 41.7 Å². The third kappa shape index (κ3) is 3.58. The number of amides is 1. The molecule has 1 amide bonds. The number of fused-ring (bicyclic) bond motifs is 1. The van der Waals surface area contributed by atoms with Crippen LogP contribution in [-0.2, 0) is 17.8 Å². The summed E-state index contributed by atoms with van der Waals surface area (Å²) in [5.74, 6) is 0.236. The monoisotopic (exact) mass is 329 g/mol. The van der Waals surface area contributed by atoms with Gasteiger partial charge in [0, 0.05) is 12.6 Å². The fourth-order valence-corrected chi connectivity index (χ4v) is 3.41. The molecule has 0 spiro atoms. The molecule has 2 nitrogen and oxygen atoms in total. The van der Waals surface area contributed by atoms with Crippen LogP contribution in [0.2, 0.25) is 0 Å². The van der Waals surface area contributed by atoms with Gasteiger partial charge in [-0.15, -0.1) is 0 Å². The number of hydrogen-bond acceptors (Lipinski definition) is 1. The van der Waals surface area contributed by atoms with Gasteiger partial charge in [0.15, 0.2) is 0 Å². The molecule has 4 rings (SSSR count). The summed E-state index contributed by atoms with van der Waals surface area (Å²) in [6.45, 7) is 2.81. The van der Waals surface area contributed by atoms with Crippen molar-refractivity contribution in [1.29, 1.82) is 0 Å². The zero-order chi connectivity index (χ0) is 17.2. The molecule has 0 bridgehead atoms. The van der Waals surface area contributed by atoms with E-state index in [1.165, 1.54) is 21.9 Å². The van der Waals surface area contributed by atoms with Gasteiger partial charge in [-0.2, -0.15) is 0 Å². The van der Waals surface area contributed by atoms with Crippen molar-refractivity contribution in [2.45, 2.75) is 38.8 Å². The number of benzene rings is 3. The average Bonchev–Trinajstić information content (AvgIpc) is 3.46. The summed E-state index contributed by atoms with van der Waals surface area (Å²) in [6, 6.07) is 23.5. The first-order chi connectivity index (χ1) is 12.2. The van der Waals surface area contributed by atoms with Crippen molar-refractivity contribution in [2.24, 2.45) is 0 Å². The Hall–Kier alpha value is -2.61. The summed E-state index contributed by atoms with van der Waals surface area (Å²) in [4.78, 5) is 15.1. The molecule has 0 N–H and O–H groups in total. The third-order valence-corrected chi connectivity index (χ3v) is 5.00. The second-order valence-corrected chi connectivity index (χ2v) is 7.05. The molecule has 1 aliphatic rings. The Bertz CT molecular complexity index is 888. The summed E-state index contributed by atoms with van der Waals surface area (Å²) in [5.41, 5.74) is 3.59. The van der Waals surface area contributed by atoms with Crippen LogP contribution in [0.1, 0.15) is 29.5 Å². The first-order valence-corrected chi connectivity index (χ1v) is 9.02. The molecule has 0 aromatic heterocycles. The molecule has 1 saturated carbocycles. The van der Waals surface area contributed by atoms with Crippen LogP contribution in [0.4, 0.5) is 0 Å². The third-order valence-electron chi connectivity index (χ3n) is 5.00. The van der Waals surface area contributed by atoms with Gasteiger partial charge in [0.2, 0.25) is 5.91 Å². The van der Waals surface area contributed by atoms with Gasteiger partial charge < -0.3 is 4.90 Å². The Morgan fingerprint density at radius 3 is 2.44 bits per heavy atom. The molecule has 1 fully saturated rings. The zero-order valence-electron chi connectivity index (χ0n) is 14.6. The molecule has 3 aromatic rings. The highest BCUT2D eigenvalue weighted by Gasteiger charge is 2.32. The van der Waals surface area contributed by atoms with Crippen LogP contribution in [0.3, 0.4) is 0 Å². The molecule has 25 heavy (non-hydrogen) atoms. The molecule has 0 aliphatic heterocycles.